The molecule has 6 nitrogen and oxygen atoms in total. The second kappa shape index (κ2) is 5.82. The molecule has 9 heteroatoms. The van der Waals surface area contributed by atoms with Crippen molar-refractivity contribution in [1.29, 1.82) is 0 Å². The second-order valence-corrected chi connectivity index (χ2v) is 8.34. The molecule has 26 heavy (non-hydrogen) atoms. The molecule has 1 saturated carbocycles. The molecule has 2 aliphatic carbocycles. The third-order valence-corrected chi connectivity index (χ3v) is 6.46. The normalized spacial score (nSPS) is 20.7. The molecule has 0 radical (unpaired) electrons. The lowest BCUT2D eigenvalue weighted by Crippen LogP contribution is -2.13. The Kier molecular flexibility index (Phi) is 3.65. The van der Waals surface area contributed by atoms with E-state index in [4.69, 9.17) is 0 Å². The second-order valence-electron chi connectivity index (χ2n) is 7.01. The monoisotopic (exact) mass is 435 g/mol. The van der Waals surface area contributed by atoms with Gasteiger partial charge in [0.25, 0.3) is 0 Å². The van der Waals surface area contributed by atoms with Crippen LogP contribution in [0, 0.1) is 11.8 Å². The topological polar surface area (TPSA) is 66.8 Å². The Bertz CT molecular complexity index is 1050. The average Bonchev–Trinajstić information content (AvgIpc) is 3.11. The van der Waals surface area contributed by atoms with Gasteiger partial charge in [-0.2, -0.15) is 9.19 Å². The molecule has 0 saturated heterocycles. The van der Waals surface area contributed by atoms with Crippen molar-refractivity contribution in [2.75, 3.05) is 11.9 Å². The lowest BCUT2D eigenvalue weighted by Gasteiger charge is -2.11. The van der Waals surface area contributed by atoms with Crippen molar-refractivity contribution in [1.82, 2.24) is 19.2 Å². The van der Waals surface area contributed by atoms with E-state index in [0.29, 0.717) is 17.7 Å². The van der Waals surface area contributed by atoms with Crippen molar-refractivity contribution < 1.29 is 8.68 Å². The highest BCUT2D eigenvalue weighted by Gasteiger charge is 2.44. The number of anilines is 1. The van der Waals surface area contributed by atoms with Crippen LogP contribution in [0.1, 0.15) is 17.7 Å². The molecule has 2 aliphatic rings. The Morgan fingerprint density at radius 1 is 1.42 bits per heavy atom. The van der Waals surface area contributed by atoms with Crippen LogP contribution in [0.2, 0.25) is 0 Å². The maximum absolute atomic E-state index is 13.4. The molecule has 0 spiro atoms. The third-order valence-electron chi connectivity index (χ3n) is 5.43. The van der Waals surface area contributed by atoms with Gasteiger partial charge in [-0.3, -0.25) is 4.79 Å². The van der Waals surface area contributed by atoms with E-state index in [1.807, 2.05) is 12.1 Å². The molecule has 1 N–H and O–H groups in total. The molecule has 2 atom stereocenters. The first-order valence-electron chi connectivity index (χ1n) is 8.36. The van der Waals surface area contributed by atoms with Crippen molar-refractivity contribution in [2.45, 2.75) is 19.3 Å². The van der Waals surface area contributed by atoms with Gasteiger partial charge in [0.15, 0.2) is 18.2 Å². The number of nitrogens with one attached hydrogen (secondary N) is 1. The standard InChI is InChI=1S/C17H15BrFN5OS/c1-23(7-25)10-5-12(18)16-13(6-10)20-17(21-16)15-11-3-8-2-9(8)4-14(11)24(22-15)26-19/h5-9H,2-4H2,1H3,(H,20,21). The lowest BCUT2D eigenvalue weighted by molar-refractivity contribution is -0.107. The van der Waals surface area contributed by atoms with Crippen LogP contribution in [0.15, 0.2) is 16.6 Å². The Labute approximate surface area is 161 Å². The van der Waals surface area contributed by atoms with Crippen molar-refractivity contribution in [3.63, 3.8) is 0 Å². The van der Waals surface area contributed by atoms with E-state index < -0.39 is 0 Å². The van der Waals surface area contributed by atoms with Gasteiger partial charge in [0.05, 0.1) is 11.2 Å². The van der Waals surface area contributed by atoms with Gasteiger partial charge < -0.3 is 9.88 Å². The molecule has 0 aliphatic heterocycles. The highest BCUT2D eigenvalue weighted by Crippen LogP contribution is 2.50. The minimum atomic E-state index is 0.148. The fourth-order valence-electron chi connectivity index (χ4n) is 3.89. The number of hydrogen-bond acceptors (Lipinski definition) is 4. The van der Waals surface area contributed by atoms with Gasteiger partial charge in [-0.05, 0) is 59.2 Å². The summed E-state index contributed by atoms with van der Waals surface area (Å²) in [5.74, 6) is 2.02. The molecular weight excluding hydrogens is 421 g/mol. The average molecular weight is 436 g/mol. The molecule has 2 aromatic heterocycles. The summed E-state index contributed by atoms with van der Waals surface area (Å²) in [6.07, 6.45) is 3.81. The van der Waals surface area contributed by atoms with Gasteiger partial charge in [0.2, 0.25) is 6.41 Å². The Balaban J connectivity index is 1.65. The van der Waals surface area contributed by atoms with Crippen molar-refractivity contribution in [3.8, 4) is 11.5 Å². The first-order valence-corrected chi connectivity index (χ1v) is 9.83. The van der Waals surface area contributed by atoms with E-state index in [0.717, 1.165) is 57.4 Å². The first kappa shape index (κ1) is 16.3. The van der Waals surface area contributed by atoms with E-state index >= 15 is 0 Å². The number of imidazole rings is 1. The number of hydrogen-bond donors (Lipinski definition) is 1. The van der Waals surface area contributed by atoms with Crippen LogP contribution >= 0.6 is 28.3 Å². The van der Waals surface area contributed by atoms with Crippen LogP contribution in [-0.4, -0.2) is 32.6 Å². The number of rotatable bonds is 4. The van der Waals surface area contributed by atoms with Gasteiger partial charge in [0, 0.05) is 22.8 Å². The predicted octanol–water partition coefficient (Wildman–Crippen LogP) is 3.90. The largest absolute Gasteiger partial charge is 0.336 e. The molecule has 1 aromatic carbocycles. The van der Waals surface area contributed by atoms with Gasteiger partial charge in [-0.1, -0.05) is 0 Å². The van der Waals surface area contributed by atoms with Crippen LogP contribution in [0.3, 0.4) is 0 Å². The van der Waals surface area contributed by atoms with E-state index in [2.05, 4.69) is 31.0 Å². The van der Waals surface area contributed by atoms with Crippen LogP contribution in [0.5, 0.6) is 0 Å². The third kappa shape index (κ3) is 2.40. The lowest BCUT2D eigenvalue weighted by atomic mass is 9.96. The SMILES string of the molecule is CN(C=O)c1cc(Br)c2nc(-c3nn(SF)c4c3CC3CC3C4)[nH]c2c1. The summed E-state index contributed by atoms with van der Waals surface area (Å²) in [6.45, 7) is 0. The zero-order valence-corrected chi connectivity index (χ0v) is 16.3. The molecule has 5 rings (SSSR count). The van der Waals surface area contributed by atoms with Crippen molar-refractivity contribution in [3.05, 3.63) is 27.9 Å². The first-order chi connectivity index (χ1) is 12.6. The highest BCUT2D eigenvalue weighted by atomic mass is 79.9. The van der Waals surface area contributed by atoms with Gasteiger partial charge >= 0.3 is 0 Å². The number of aromatic nitrogens is 4. The maximum atomic E-state index is 13.4. The quantitative estimate of drug-likeness (QED) is 0.631. The van der Waals surface area contributed by atoms with Gasteiger partial charge in [-0.25, -0.2) is 4.98 Å². The molecule has 0 bridgehead atoms. The number of nitrogens with zero attached hydrogens (tertiary/aromatic N) is 4. The number of halogens is 2. The molecule has 134 valence electrons. The molecule has 2 unspecified atom stereocenters. The molecule has 1 amide bonds. The Morgan fingerprint density at radius 2 is 2.23 bits per heavy atom. The fraction of sp³-hybridized carbons (Fsp3) is 0.353. The number of aromatic amines is 1. The molecule has 1 fully saturated rings. The highest BCUT2D eigenvalue weighted by molar-refractivity contribution is 9.10. The Hall–Kier alpha value is -1.87. The summed E-state index contributed by atoms with van der Waals surface area (Å²) in [5.41, 5.74) is 5.13. The summed E-state index contributed by atoms with van der Waals surface area (Å²) in [5, 5.41) is 4.46. The number of H-pyrrole nitrogens is 1. The van der Waals surface area contributed by atoms with Crippen molar-refractivity contribution in [2.24, 2.45) is 11.8 Å². The smallest absolute Gasteiger partial charge is 0.213 e. The number of benzene rings is 1. The molecule has 2 heterocycles. The van der Waals surface area contributed by atoms with E-state index in [-0.39, 0.29) is 12.3 Å². The predicted molar refractivity (Wildman–Crippen MR) is 103 cm³/mol. The summed E-state index contributed by atoms with van der Waals surface area (Å²) < 4.78 is 15.6. The minimum Gasteiger partial charge on any atom is -0.336 e. The minimum absolute atomic E-state index is 0.148. The summed E-state index contributed by atoms with van der Waals surface area (Å²) in [4.78, 5) is 20.5. The molecular formula is C17H15BrFN5OS. The number of carbonyl (C=O) groups is 1. The van der Waals surface area contributed by atoms with Crippen LogP contribution in [-0.2, 0) is 17.6 Å². The van der Waals surface area contributed by atoms with Gasteiger partial charge in [0.1, 0.15) is 11.2 Å². The maximum Gasteiger partial charge on any atom is 0.213 e. The van der Waals surface area contributed by atoms with Crippen LogP contribution in [0.25, 0.3) is 22.6 Å². The van der Waals surface area contributed by atoms with E-state index in [1.165, 1.54) is 15.4 Å². The number of amides is 1. The molecule has 3 aromatic rings. The Morgan fingerprint density at radius 3 is 3.00 bits per heavy atom. The summed E-state index contributed by atoms with van der Waals surface area (Å²) in [7, 11) is 1.69. The van der Waals surface area contributed by atoms with E-state index in [1.54, 1.807) is 7.05 Å². The zero-order valence-electron chi connectivity index (χ0n) is 13.9. The van der Waals surface area contributed by atoms with Crippen LogP contribution < -0.4 is 4.90 Å². The van der Waals surface area contributed by atoms with Crippen molar-refractivity contribution >= 4 is 51.4 Å². The summed E-state index contributed by atoms with van der Waals surface area (Å²) in [6, 6.07) is 3.72. The summed E-state index contributed by atoms with van der Waals surface area (Å²) >= 11 is 3.67. The van der Waals surface area contributed by atoms with E-state index in [9.17, 15) is 8.68 Å². The number of fused-ring (bicyclic) bond motifs is 3. The van der Waals surface area contributed by atoms with Gasteiger partial charge in [-0.15, -0.1) is 3.89 Å². The number of carbonyl (C=O) groups excluding carboxylic acids is 1. The van der Waals surface area contributed by atoms with Crippen LogP contribution in [0.4, 0.5) is 9.57 Å². The fourth-order valence-corrected chi connectivity index (χ4v) is 4.80. The zero-order chi connectivity index (χ0) is 18.0.